The van der Waals surface area contributed by atoms with E-state index in [1.807, 2.05) is 0 Å². The summed E-state index contributed by atoms with van der Waals surface area (Å²) in [4.78, 5) is 4.53. The Morgan fingerprint density at radius 2 is 2.00 bits per heavy atom. The predicted molar refractivity (Wildman–Crippen MR) is 61.2 cm³/mol. The molecule has 0 radical (unpaired) electrons. The summed E-state index contributed by atoms with van der Waals surface area (Å²) in [7, 11) is 0. The summed E-state index contributed by atoms with van der Waals surface area (Å²) in [6.07, 6.45) is 0. The van der Waals surface area contributed by atoms with Crippen LogP contribution < -0.4 is 0 Å². The van der Waals surface area contributed by atoms with E-state index in [4.69, 9.17) is 0 Å². The Hall–Kier alpha value is 0.959. The number of halogens is 2. The summed E-state index contributed by atoms with van der Waals surface area (Å²) < 4.78 is 5.53. The second-order valence-corrected chi connectivity index (χ2v) is 7.69. The first-order valence-electron chi connectivity index (χ1n) is 3.25. The van der Waals surface area contributed by atoms with Gasteiger partial charge < -0.3 is 0 Å². The third kappa shape index (κ3) is 1.74. The summed E-state index contributed by atoms with van der Waals surface area (Å²) in [5.41, 5.74) is 0. The van der Waals surface area contributed by atoms with Crippen LogP contribution in [-0.2, 0) is 0 Å². The van der Waals surface area contributed by atoms with Gasteiger partial charge in [-0.3, -0.25) is 0 Å². The van der Waals surface area contributed by atoms with Gasteiger partial charge in [-0.2, -0.15) is 0 Å². The number of hydrogen-bond acceptors (Lipinski definition) is 0. The molecule has 0 amide bonds. The minimum atomic E-state index is 0.525. The Balaban J connectivity index is 2.55. The molecule has 0 aliphatic rings. The Morgan fingerprint density at radius 3 is 2.50 bits per heavy atom. The van der Waals surface area contributed by atoms with Gasteiger partial charge in [0.15, 0.2) is 0 Å². The minimum absolute atomic E-state index is 0.525. The third-order valence-electron chi connectivity index (χ3n) is 1.43. The molecular weight excluding hydrogens is 414 g/mol. The summed E-state index contributed by atoms with van der Waals surface area (Å²) in [6.45, 7) is 0. The van der Waals surface area contributed by atoms with Crippen LogP contribution >= 0.6 is 31.9 Å². The topological polar surface area (TPSA) is 0 Å². The molecule has 0 aliphatic heterocycles. The summed E-state index contributed by atoms with van der Waals surface area (Å²) in [5.74, 6) is 0. The van der Waals surface area contributed by atoms with Crippen molar-refractivity contribution in [1.82, 2.24) is 0 Å². The van der Waals surface area contributed by atoms with E-state index >= 15 is 0 Å². The Labute approximate surface area is 99.7 Å². The zero-order valence-electron chi connectivity index (χ0n) is 5.88. The Kier molecular flexibility index (Phi) is 3.17. The molecule has 2 aromatic rings. The van der Waals surface area contributed by atoms with Gasteiger partial charge in [0.2, 0.25) is 0 Å². The predicted octanol–water partition coefficient (Wildman–Crippen LogP) is 2.99. The standard InChI is InChI=1S/C8H4Br2Se2/c9-5-4-12-8(7(5)10)6-2-1-3-11-6/h1-4H. The van der Waals surface area contributed by atoms with Crippen LogP contribution in [0.1, 0.15) is 0 Å². The van der Waals surface area contributed by atoms with E-state index < -0.39 is 0 Å². The van der Waals surface area contributed by atoms with Crippen LogP contribution in [0.15, 0.2) is 31.0 Å². The Bertz CT molecular complexity index is 376. The maximum atomic E-state index is 3.60. The molecule has 12 heavy (non-hydrogen) atoms. The molecule has 2 heterocycles. The first kappa shape index (κ1) is 9.51. The van der Waals surface area contributed by atoms with E-state index in [2.05, 4.69) is 53.9 Å². The molecular formula is C8H4Br2Se2. The van der Waals surface area contributed by atoms with Crippen molar-refractivity contribution in [3.63, 3.8) is 0 Å². The van der Waals surface area contributed by atoms with Crippen LogP contribution in [-0.4, -0.2) is 29.0 Å². The van der Waals surface area contributed by atoms with E-state index in [1.54, 1.807) is 0 Å². The molecule has 2 aromatic heterocycles. The normalized spacial score (nSPS) is 10.5. The molecule has 0 nitrogen and oxygen atoms in total. The van der Waals surface area contributed by atoms with Gasteiger partial charge in [0, 0.05) is 0 Å². The molecule has 0 saturated carbocycles. The molecule has 0 atom stereocenters. The van der Waals surface area contributed by atoms with Crippen LogP contribution in [0, 0.1) is 0 Å². The molecule has 0 N–H and O–H groups in total. The quantitative estimate of drug-likeness (QED) is 0.626. The first-order valence-corrected chi connectivity index (χ1v) is 8.53. The molecule has 0 saturated heterocycles. The van der Waals surface area contributed by atoms with Crippen molar-refractivity contribution in [3.8, 4) is 8.87 Å². The summed E-state index contributed by atoms with van der Waals surface area (Å²) in [6, 6.07) is 4.39. The van der Waals surface area contributed by atoms with E-state index in [1.165, 1.54) is 17.8 Å². The average Bonchev–Trinajstić information content (AvgIpc) is 2.64. The molecule has 0 aromatic carbocycles. The van der Waals surface area contributed by atoms with E-state index in [0.29, 0.717) is 29.0 Å². The van der Waals surface area contributed by atoms with Crippen molar-refractivity contribution in [2.24, 2.45) is 0 Å². The fraction of sp³-hybridized carbons (Fsp3) is 0. The second kappa shape index (κ2) is 4.00. The van der Waals surface area contributed by atoms with Crippen LogP contribution in [0.2, 0.25) is 0 Å². The zero-order valence-corrected chi connectivity index (χ0v) is 12.5. The maximum absolute atomic E-state index is 3.60. The molecule has 0 aliphatic carbocycles. The van der Waals surface area contributed by atoms with Crippen molar-refractivity contribution < 1.29 is 0 Å². The van der Waals surface area contributed by atoms with Gasteiger partial charge >= 0.3 is 101 Å². The summed E-state index contributed by atoms with van der Waals surface area (Å²) in [5, 5.41) is 0. The van der Waals surface area contributed by atoms with Crippen molar-refractivity contribution in [1.29, 1.82) is 0 Å². The fourth-order valence-electron chi connectivity index (χ4n) is 0.897. The van der Waals surface area contributed by atoms with Gasteiger partial charge in [0.25, 0.3) is 0 Å². The molecule has 2 rings (SSSR count). The van der Waals surface area contributed by atoms with Gasteiger partial charge in [-0.15, -0.1) is 0 Å². The fourth-order valence-corrected chi connectivity index (χ4v) is 7.33. The van der Waals surface area contributed by atoms with Crippen LogP contribution in [0.4, 0.5) is 0 Å². The molecule has 0 fully saturated rings. The monoisotopic (exact) mass is 418 g/mol. The van der Waals surface area contributed by atoms with Crippen molar-refractivity contribution in [3.05, 3.63) is 31.0 Å². The second-order valence-electron chi connectivity index (χ2n) is 2.20. The van der Waals surface area contributed by atoms with Crippen LogP contribution in [0.25, 0.3) is 8.87 Å². The van der Waals surface area contributed by atoms with Crippen LogP contribution in [0.3, 0.4) is 0 Å². The molecule has 0 spiro atoms. The van der Waals surface area contributed by atoms with Crippen LogP contribution in [0.5, 0.6) is 0 Å². The first-order chi connectivity index (χ1) is 5.79. The van der Waals surface area contributed by atoms with Gasteiger partial charge in [0.05, 0.1) is 0 Å². The molecule has 4 heteroatoms. The van der Waals surface area contributed by atoms with Gasteiger partial charge in [-0.25, -0.2) is 0 Å². The van der Waals surface area contributed by atoms with Crippen molar-refractivity contribution in [2.45, 2.75) is 0 Å². The summed E-state index contributed by atoms with van der Waals surface area (Å²) >= 11 is 8.22. The third-order valence-corrected chi connectivity index (χ3v) is 9.33. The van der Waals surface area contributed by atoms with E-state index in [9.17, 15) is 0 Å². The molecule has 0 unspecified atom stereocenters. The Morgan fingerprint density at radius 1 is 1.17 bits per heavy atom. The average molecular weight is 418 g/mol. The molecule has 62 valence electrons. The zero-order chi connectivity index (χ0) is 8.55. The molecule has 0 bridgehead atoms. The van der Waals surface area contributed by atoms with Crippen molar-refractivity contribution >= 4 is 60.9 Å². The van der Waals surface area contributed by atoms with E-state index in [-0.39, 0.29) is 0 Å². The number of rotatable bonds is 1. The van der Waals surface area contributed by atoms with E-state index in [0.717, 1.165) is 0 Å². The van der Waals surface area contributed by atoms with Gasteiger partial charge in [-0.05, 0) is 0 Å². The SMILES string of the molecule is Brc1c[se]c(-c2ccc[se]2)c1Br. The van der Waals surface area contributed by atoms with Gasteiger partial charge in [0.1, 0.15) is 0 Å². The van der Waals surface area contributed by atoms with Crippen molar-refractivity contribution in [2.75, 3.05) is 0 Å². The number of hydrogen-bond donors (Lipinski definition) is 0. The van der Waals surface area contributed by atoms with Gasteiger partial charge in [-0.1, -0.05) is 0 Å².